The molecule has 6 nitrogen and oxygen atoms in total. The molecule has 0 amide bonds. The molecule has 3 aromatic rings. The first-order valence-corrected chi connectivity index (χ1v) is 10.4. The van der Waals surface area contributed by atoms with Crippen molar-refractivity contribution in [3.63, 3.8) is 0 Å². The predicted octanol–water partition coefficient (Wildman–Crippen LogP) is 5.28. The monoisotopic (exact) mass is 424 g/mol. The first-order chi connectivity index (χ1) is 14.7. The molecule has 0 spiro atoms. The van der Waals surface area contributed by atoms with Gasteiger partial charge in [0, 0.05) is 11.1 Å². The molecular formula is C25H28O6. The third-order valence-corrected chi connectivity index (χ3v) is 5.82. The van der Waals surface area contributed by atoms with Crippen molar-refractivity contribution in [3.8, 4) is 23.0 Å². The Bertz CT molecular complexity index is 1280. The van der Waals surface area contributed by atoms with Gasteiger partial charge in [-0.05, 0) is 59.1 Å². The fourth-order valence-electron chi connectivity index (χ4n) is 4.14. The predicted molar refractivity (Wildman–Crippen MR) is 121 cm³/mol. The zero-order chi connectivity index (χ0) is 22.5. The van der Waals surface area contributed by atoms with Gasteiger partial charge in [0.25, 0.3) is 0 Å². The van der Waals surface area contributed by atoms with Gasteiger partial charge < -0.3 is 23.7 Å². The Morgan fingerprint density at radius 3 is 2.58 bits per heavy atom. The summed E-state index contributed by atoms with van der Waals surface area (Å²) in [5, 5.41) is 11.6. The molecule has 1 N–H and O–H groups in total. The summed E-state index contributed by atoms with van der Waals surface area (Å²) in [6.45, 7) is 8.07. The maximum absolute atomic E-state index is 13.5. The largest absolute Gasteiger partial charge is 0.507 e. The van der Waals surface area contributed by atoms with Gasteiger partial charge in [0.05, 0.1) is 19.6 Å². The Balaban J connectivity index is 2.19. The highest BCUT2D eigenvalue weighted by Crippen LogP contribution is 2.47. The second kappa shape index (κ2) is 7.52. The average Bonchev–Trinajstić information content (AvgIpc) is 2.71. The molecule has 0 bridgehead atoms. The number of fused-ring (bicyclic) bond motifs is 3. The molecule has 0 atom stereocenters. The topological polar surface area (TPSA) is 78.1 Å². The van der Waals surface area contributed by atoms with E-state index in [9.17, 15) is 9.90 Å². The van der Waals surface area contributed by atoms with Crippen molar-refractivity contribution in [2.24, 2.45) is 0 Å². The molecule has 0 saturated heterocycles. The van der Waals surface area contributed by atoms with E-state index in [2.05, 4.69) is 6.08 Å². The quantitative estimate of drug-likeness (QED) is 0.453. The normalized spacial score (nSPS) is 14.8. The number of hydrogen-bond donors (Lipinski definition) is 1. The summed E-state index contributed by atoms with van der Waals surface area (Å²) in [7, 11) is 3.03. The number of phenolic OH excluding ortho intramolecular Hbond substituents is 1. The number of aromatic hydroxyl groups is 1. The molecule has 1 aliphatic heterocycles. The number of hydrogen-bond acceptors (Lipinski definition) is 6. The summed E-state index contributed by atoms with van der Waals surface area (Å²) < 4.78 is 23.5. The van der Waals surface area contributed by atoms with Crippen molar-refractivity contribution >= 4 is 21.9 Å². The Morgan fingerprint density at radius 1 is 1.19 bits per heavy atom. The molecule has 1 aromatic heterocycles. The average molecular weight is 424 g/mol. The van der Waals surface area contributed by atoms with Crippen LogP contribution in [-0.2, 0) is 12.8 Å². The Kier molecular flexibility index (Phi) is 5.12. The van der Waals surface area contributed by atoms with Crippen LogP contribution in [0.25, 0.3) is 21.9 Å². The van der Waals surface area contributed by atoms with Crippen LogP contribution < -0.4 is 19.6 Å². The van der Waals surface area contributed by atoms with Gasteiger partial charge in [-0.15, -0.1) is 0 Å². The van der Waals surface area contributed by atoms with Crippen LogP contribution in [0.2, 0.25) is 0 Å². The van der Waals surface area contributed by atoms with E-state index < -0.39 is 0 Å². The van der Waals surface area contributed by atoms with E-state index in [1.54, 1.807) is 12.1 Å². The SMILES string of the molecule is COc1ccc2c(=O)c3c(O)c4c(c(CC=C(C)C)c3oc2c1OC)OC(C)(C)CC4. The lowest BCUT2D eigenvalue weighted by atomic mass is 9.89. The summed E-state index contributed by atoms with van der Waals surface area (Å²) in [5.41, 5.74) is 2.46. The van der Waals surface area contributed by atoms with Gasteiger partial charge in [-0.25, -0.2) is 0 Å². The van der Waals surface area contributed by atoms with Crippen molar-refractivity contribution in [2.45, 2.75) is 52.6 Å². The summed E-state index contributed by atoms with van der Waals surface area (Å²) in [6, 6.07) is 3.30. The van der Waals surface area contributed by atoms with E-state index in [0.29, 0.717) is 46.6 Å². The fourth-order valence-corrected chi connectivity index (χ4v) is 4.14. The number of benzene rings is 2. The van der Waals surface area contributed by atoms with Crippen molar-refractivity contribution in [3.05, 3.63) is 45.1 Å². The molecule has 0 aliphatic carbocycles. The summed E-state index contributed by atoms with van der Waals surface area (Å²) in [5.74, 6) is 1.34. The Morgan fingerprint density at radius 2 is 1.94 bits per heavy atom. The first kappa shape index (κ1) is 21.1. The van der Waals surface area contributed by atoms with E-state index in [1.165, 1.54) is 14.2 Å². The van der Waals surface area contributed by atoms with Crippen LogP contribution in [0.5, 0.6) is 23.0 Å². The number of allylic oxidation sites excluding steroid dienone is 2. The molecule has 4 rings (SSSR count). The van der Waals surface area contributed by atoms with Crippen LogP contribution in [-0.4, -0.2) is 24.9 Å². The maximum Gasteiger partial charge on any atom is 0.204 e. The third kappa shape index (κ3) is 3.40. The smallest absolute Gasteiger partial charge is 0.204 e. The Labute approximate surface area is 181 Å². The van der Waals surface area contributed by atoms with E-state index in [1.807, 2.05) is 27.7 Å². The summed E-state index contributed by atoms with van der Waals surface area (Å²) in [6.07, 6.45) is 3.93. The van der Waals surface area contributed by atoms with Gasteiger partial charge in [-0.1, -0.05) is 11.6 Å². The second-order valence-electron chi connectivity index (χ2n) is 8.80. The molecule has 6 heteroatoms. The van der Waals surface area contributed by atoms with Crippen molar-refractivity contribution in [2.75, 3.05) is 14.2 Å². The number of phenols is 1. The lowest BCUT2D eigenvalue weighted by Gasteiger charge is -2.34. The number of methoxy groups -OCH3 is 2. The van der Waals surface area contributed by atoms with Gasteiger partial charge in [0.1, 0.15) is 28.1 Å². The molecule has 31 heavy (non-hydrogen) atoms. The third-order valence-electron chi connectivity index (χ3n) is 5.82. The maximum atomic E-state index is 13.5. The van der Waals surface area contributed by atoms with Gasteiger partial charge >= 0.3 is 0 Å². The molecule has 0 saturated carbocycles. The molecule has 164 valence electrons. The Hall–Kier alpha value is -3.15. The van der Waals surface area contributed by atoms with E-state index >= 15 is 0 Å². The van der Waals surface area contributed by atoms with Crippen LogP contribution in [0.1, 0.15) is 45.2 Å². The van der Waals surface area contributed by atoms with Crippen LogP contribution in [0.4, 0.5) is 0 Å². The molecule has 0 radical (unpaired) electrons. The van der Waals surface area contributed by atoms with Crippen LogP contribution in [0.15, 0.2) is 33.0 Å². The lowest BCUT2D eigenvalue weighted by molar-refractivity contribution is 0.0827. The zero-order valence-corrected chi connectivity index (χ0v) is 18.8. The first-order valence-electron chi connectivity index (χ1n) is 10.4. The highest BCUT2D eigenvalue weighted by atomic mass is 16.5. The minimum Gasteiger partial charge on any atom is -0.507 e. The molecule has 0 fully saturated rings. The van der Waals surface area contributed by atoms with Gasteiger partial charge in [0.2, 0.25) is 11.2 Å². The number of rotatable bonds is 4. The highest BCUT2D eigenvalue weighted by Gasteiger charge is 2.34. The lowest BCUT2D eigenvalue weighted by Crippen LogP contribution is -2.33. The van der Waals surface area contributed by atoms with Gasteiger partial charge in [-0.3, -0.25) is 4.79 Å². The zero-order valence-electron chi connectivity index (χ0n) is 18.8. The van der Waals surface area contributed by atoms with Crippen molar-refractivity contribution < 1.29 is 23.7 Å². The van der Waals surface area contributed by atoms with Crippen LogP contribution >= 0.6 is 0 Å². The van der Waals surface area contributed by atoms with E-state index in [4.69, 9.17) is 18.6 Å². The van der Waals surface area contributed by atoms with E-state index in [-0.39, 0.29) is 27.7 Å². The fraction of sp³-hybridized carbons (Fsp3) is 0.400. The number of ether oxygens (including phenoxy) is 3. The van der Waals surface area contributed by atoms with Crippen LogP contribution in [0, 0.1) is 0 Å². The van der Waals surface area contributed by atoms with Crippen molar-refractivity contribution in [1.29, 1.82) is 0 Å². The molecule has 0 unspecified atom stereocenters. The minimum absolute atomic E-state index is 0.0631. The summed E-state index contributed by atoms with van der Waals surface area (Å²) in [4.78, 5) is 13.5. The molecular weight excluding hydrogens is 396 g/mol. The van der Waals surface area contributed by atoms with Gasteiger partial charge in [0.15, 0.2) is 11.3 Å². The standard InChI is InChI=1S/C25H28O6/c1-13(2)7-8-16-21-15(11-12-25(3,4)31-21)20(27)18-19(26)14-9-10-17(28-5)24(29-6)23(14)30-22(16)18/h7,9-10,27H,8,11-12H2,1-6H3. The van der Waals surface area contributed by atoms with Crippen molar-refractivity contribution in [1.82, 2.24) is 0 Å². The minimum atomic E-state index is -0.384. The van der Waals surface area contributed by atoms with Gasteiger partial charge in [-0.2, -0.15) is 0 Å². The van der Waals surface area contributed by atoms with E-state index in [0.717, 1.165) is 17.6 Å². The molecule has 2 aromatic carbocycles. The summed E-state index contributed by atoms with van der Waals surface area (Å²) >= 11 is 0. The second-order valence-corrected chi connectivity index (χ2v) is 8.80. The molecule has 2 heterocycles. The highest BCUT2D eigenvalue weighted by molar-refractivity contribution is 5.99. The molecule has 1 aliphatic rings. The van der Waals surface area contributed by atoms with Crippen LogP contribution in [0.3, 0.4) is 0 Å².